The van der Waals surface area contributed by atoms with Crippen LogP contribution in [0.15, 0.2) is 12.4 Å². The maximum atomic E-state index is 11.3. The monoisotopic (exact) mass is 240 g/mol. The Labute approximate surface area is 89.6 Å². The predicted octanol–water partition coefficient (Wildman–Crippen LogP) is 1.58. The lowest BCUT2D eigenvalue weighted by Crippen LogP contribution is -2.08. The molecule has 0 heterocycles. The van der Waals surface area contributed by atoms with Crippen LogP contribution in [-0.4, -0.2) is 40.6 Å². The van der Waals surface area contributed by atoms with E-state index in [-0.39, 0.29) is 6.61 Å². The largest absolute Gasteiger partial charge is 0.382 e. The molecule has 0 saturated heterocycles. The van der Waals surface area contributed by atoms with Crippen LogP contribution in [0.3, 0.4) is 0 Å². The van der Waals surface area contributed by atoms with Gasteiger partial charge in [0.15, 0.2) is 0 Å². The van der Waals surface area contributed by atoms with E-state index >= 15 is 0 Å². The average Bonchev–Trinajstić information content (AvgIpc) is 2.27. The SMILES string of the molecule is C=CP(=O)(OC)OOCCOCCOC. The Morgan fingerprint density at radius 2 is 1.87 bits per heavy atom. The Morgan fingerprint density at radius 3 is 2.40 bits per heavy atom. The van der Waals surface area contributed by atoms with E-state index in [1.165, 1.54) is 7.11 Å². The molecule has 1 atom stereocenters. The van der Waals surface area contributed by atoms with Crippen molar-refractivity contribution < 1.29 is 28.1 Å². The lowest BCUT2D eigenvalue weighted by atomic mass is 10.7. The third-order valence-corrected chi connectivity index (χ3v) is 2.65. The van der Waals surface area contributed by atoms with Crippen molar-refractivity contribution in [2.45, 2.75) is 0 Å². The third kappa shape index (κ3) is 7.67. The maximum absolute atomic E-state index is 11.3. The lowest BCUT2D eigenvalue weighted by Gasteiger charge is -2.10. The molecule has 0 N–H and O–H groups in total. The van der Waals surface area contributed by atoms with E-state index in [2.05, 4.69) is 20.7 Å². The average molecular weight is 240 g/mol. The van der Waals surface area contributed by atoms with Crippen LogP contribution >= 0.6 is 7.60 Å². The van der Waals surface area contributed by atoms with Crippen LogP contribution in [0.1, 0.15) is 0 Å². The molecule has 0 saturated carbocycles. The summed E-state index contributed by atoms with van der Waals surface area (Å²) in [5, 5.41) is 0. The van der Waals surface area contributed by atoms with Crippen LogP contribution in [0, 0.1) is 0 Å². The molecular weight excluding hydrogens is 223 g/mol. The number of hydrogen-bond acceptors (Lipinski definition) is 6. The lowest BCUT2D eigenvalue weighted by molar-refractivity contribution is -0.220. The molecule has 0 aliphatic rings. The van der Waals surface area contributed by atoms with Crippen LogP contribution in [0.25, 0.3) is 0 Å². The molecule has 15 heavy (non-hydrogen) atoms. The number of rotatable bonds is 10. The van der Waals surface area contributed by atoms with Crippen molar-refractivity contribution in [2.24, 2.45) is 0 Å². The highest BCUT2D eigenvalue weighted by molar-refractivity contribution is 7.57. The zero-order valence-corrected chi connectivity index (χ0v) is 9.90. The van der Waals surface area contributed by atoms with E-state index in [1.807, 2.05) is 0 Å². The molecule has 0 rings (SSSR count). The van der Waals surface area contributed by atoms with Gasteiger partial charge < -0.3 is 14.0 Å². The summed E-state index contributed by atoms with van der Waals surface area (Å²) in [4.78, 5) is 4.64. The molecule has 0 amide bonds. The second-order valence-corrected chi connectivity index (χ2v) is 4.37. The summed E-state index contributed by atoms with van der Waals surface area (Å²) < 4.78 is 30.3. The van der Waals surface area contributed by atoms with Crippen LogP contribution in [-0.2, 0) is 28.1 Å². The highest BCUT2D eigenvalue weighted by atomic mass is 31.2. The van der Waals surface area contributed by atoms with Gasteiger partial charge >= 0.3 is 7.60 Å². The Morgan fingerprint density at radius 1 is 1.20 bits per heavy atom. The molecule has 0 radical (unpaired) electrons. The molecule has 7 heteroatoms. The Balaban J connectivity index is 3.38. The standard InChI is InChI=1S/C8H17O6P/c1-4-15(9,11-3)14-13-8-7-12-6-5-10-2/h4H,1,5-8H2,2-3H3. The fraction of sp³-hybridized carbons (Fsp3) is 0.750. The second-order valence-electron chi connectivity index (χ2n) is 2.41. The van der Waals surface area contributed by atoms with Crippen molar-refractivity contribution in [3.63, 3.8) is 0 Å². The summed E-state index contributed by atoms with van der Waals surface area (Å²) in [6, 6.07) is 0. The van der Waals surface area contributed by atoms with E-state index in [4.69, 9.17) is 9.47 Å². The molecule has 0 fully saturated rings. The summed E-state index contributed by atoms with van der Waals surface area (Å²) >= 11 is 0. The maximum Gasteiger partial charge on any atom is 0.380 e. The van der Waals surface area contributed by atoms with Gasteiger partial charge in [-0.25, -0.2) is 4.89 Å². The van der Waals surface area contributed by atoms with Crippen molar-refractivity contribution in [3.05, 3.63) is 12.4 Å². The van der Waals surface area contributed by atoms with E-state index in [1.54, 1.807) is 7.11 Å². The van der Waals surface area contributed by atoms with Crippen LogP contribution < -0.4 is 0 Å². The molecule has 6 nitrogen and oxygen atoms in total. The minimum atomic E-state index is -3.28. The van der Waals surface area contributed by atoms with Gasteiger partial charge in [0.2, 0.25) is 0 Å². The third-order valence-electron chi connectivity index (χ3n) is 1.38. The van der Waals surface area contributed by atoms with E-state index < -0.39 is 7.60 Å². The summed E-state index contributed by atoms with van der Waals surface area (Å²) in [5.41, 5.74) is 0. The summed E-state index contributed by atoms with van der Waals surface area (Å²) in [6.45, 7) is 4.78. The molecule has 0 bridgehead atoms. The first-order valence-corrected chi connectivity index (χ1v) is 5.96. The van der Waals surface area contributed by atoms with Crippen molar-refractivity contribution in [3.8, 4) is 0 Å². The smallest absolute Gasteiger partial charge is 0.380 e. The van der Waals surface area contributed by atoms with Crippen molar-refractivity contribution in [1.29, 1.82) is 0 Å². The first-order valence-electron chi connectivity index (χ1n) is 4.35. The molecule has 0 aromatic carbocycles. The molecule has 0 aromatic heterocycles. The Bertz CT molecular complexity index is 207. The van der Waals surface area contributed by atoms with Gasteiger partial charge in [0, 0.05) is 20.0 Å². The molecule has 0 aromatic rings. The van der Waals surface area contributed by atoms with Crippen LogP contribution in [0.2, 0.25) is 0 Å². The quantitative estimate of drug-likeness (QED) is 0.250. The number of hydrogen-bond donors (Lipinski definition) is 0. The van der Waals surface area contributed by atoms with Crippen molar-refractivity contribution >= 4 is 7.60 Å². The fourth-order valence-corrected chi connectivity index (χ4v) is 1.08. The zero-order chi connectivity index (χ0) is 11.6. The minimum absolute atomic E-state index is 0.158. The minimum Gasteiger partial charge on any atom is -0.382 e. The van der Waals surface area contributed by atoms with E-state index in [0.29, 0.717) is 19.8 Å². The summed E-state index contributed by atoms with van der Waals surface area (Å²) in [6.07, 6.45) is 0. The van der Waals surface area contributed by atoms with Gasteiger partial charge in [-0.3, -0.25) is 4.57 Å². The highest BCUT2D eigenvalue weighted by Gasteiger charge is 2.18. The van der Waals surface area contributed by atoms with E-state index in [9.17, 15) is 4.57 Å². The van der Waals surface area contributed by atoms with Crippen LogP contribution in [0.4, 0.5) is 0 Å². The topological polar surface area (TPSA) is 63.2 Å². The summed E-state index contributed by atoms with van der Waals surface area (Å²) in [5.74, 6) is 1.07. The van der Waals surface area contributed by atoms with E-state index in [0.717, 1.165) is 5.82 Å². The van der Waals surface area contributed by atoms with Gasteiger partial charge in [-0.2, -0.15) is 0 Å². The zero-order valence-electron chi connectivity index (χ0n) is 9.01. The molecule has 0 aliphatic heterocycles. The molecule has 1 unspecified atom stereocenters. The van der Waals surface area contributed by atoms with Gasteiger partial charge in [-0.1, -0.05) is 6.58 Å². The molecular formula is C8H17O6P. The second kappa shape index (κ2) is 9.03. The van der Waals surface area contributed by atoms with Crippen molar-refractivity contribution in [2.75, 3.05) is 40.6 Å². The van der Waals surface area contributed by atoms with Gasteiger partial charge in [-0.05, 0) is 0 Å². The first kappa shape index (κ1) is 14.8. The molecule has 0 aliphatic carbocycles. The predicted molar refractivity (Wildman–Crippen MR) is 54.5 cm³/mol. The number of methoxy groups -OCH3 is 1. The Hall–Kier alpha value is -0.230. The summed E-state index contributed by atoms with van der Waals surface area (Å²) in [7, 11) is -0.445. The van der Waals surface area contributed by atoms with Gasteiger partial charge in [0.25, 0.3) is 0 Å². The molecule has 0 spiro atoms. The normalized spacial score (nSPS) is 14.8. The van der Waals surface area contributed by atoms with Gasteiger partial charge in [-0.15, -0.1) is 4.67 Å². The van der Waals surface area contributed by atoms with Crippen molar-refractivity contribution in [1.82, 2.24) is 0 Å². The Kier molecular flexibility index (Phi) is 8.89. The number of ether oxygens (including phenoxy) is 2. The highest BCUT2D eigenvalue weighted by Crippen LogP contribution is 2.48. The van der Waals surface area contributed by atoms with Gasteiger partial charge in [0.1, 0.15) is 6.61 Å². The fourth-order valence-electron chi connectivity index (χ4n) is 0.583. The van der Waals surface area contributed by atoms with Gasteiger partial charge in [0.05, 0.1) is 19.8 Å². The molecule has 90 valence electrons. The van der Waals surface area contributed by atoms with Crippen LogP contribution in [0.5, 0.6) is 0 Å². The first-order chi connectivity index (χ1) is 7.18.